The summed E-state index contributed by atoms with van der Waals surface area (Å²) in [5.41, 5.74) is 1.28. The van der Waals surface area contributed by atoms with Crippen LogP contribution in [0.1, 0.15) is 30.3 Å². The third-order valence-electron chi connectivity index (χ3n) is 4.32. The van der Waals surface area contributed by atoms with Crippen LogP contribution in [0.2, 0.25) is 0 Å². The maximum Gasteiger partial charge on any atom is 0.273 e. The van der Waals surface area contributed by atoms with E-state index in [0.29, 0.717) is 22.5 Å². The Bertz CT molecular complexity index is 747. The maximum atomic E-state index is 12.6. The van der Waals surface area contributed by atoms with Crippen LogP contribution >= 0.6 is 11.3 Å². The molecule has 1 N–H and O–H groups in total. The largest absolute Gasteiger partial charge is 0.497 e. The van der Waals surface area contributed by atoms with Gasteiger partial charge in [-0.15, -0.1) is 11.3 Å². The minimum Gasteiger partial charge on any atom is -0.497 e. The summed E-state index contributed by atoms with van der Waals surface area (Å²) in [4.78, 5) is 19.0. The molecule has 1 amide bonds. The molecule has 0 aliphatic carbocycles. The molecule has 1 aromatic carbocycles. The molecule has 0 saturated carbocycles. The highest BCUT2D eigenvalue weighted by atomic mass is 32.1. The molecule has 1 aromatic heterocycles. The SMILES string of the molecule is COc1ccc(Nc2nc(C(=O)N3CCCC(C)C3)cs2)c(OC)c1. The zero-order valence-electron chi connectivity index (χ0n) is 14.7. The molecule has 25 heavy (non-hydrogen) atoms. The van der Waals surface area contributed by atoms with Crippen molar-refractivity contribution >= 4 is 28.1 Å². The van der Waals surface area contributed by atoms with E-state index in [0.717, 1.165) is 30.9 Å². The summed E-state index contributed by atoms with van der Waals surface area (Å²) in [5, 5.41) is 5.69. The van der Waals surface area contributed by atoms with Gasteiger partial charge in [0.05, 0.1) is 19.9 Å². The Labute approximate surface area is 151 Å². The number of hydrogen-bond acceptors (Lipinski definition) is 6. The van der Waals surface area contributed by atoms with Crippen LogP contribution in [-0.2, 0) is 0 Å². The molecule has 0 radical (unpaired) electrons. The summed E-state index contributed by atoms with van der Waals surface area (Å²) >= 11 is 1.41. The Balaban J connectivity index is 1.72. The van der Waals surface area contributed by atoms with Gasteiger partial charge >= 0.3 is 0 Å². The standard InChI is InChI=1S/C18H23N3O3S/c1-12-5-4-8-21(10-12)17(22)15-11-25-18(20-15)19-14-7-6-13(23-2)9-16(14)24-3/h6-7,9,11-12H,4-5,8,10H2,1-3H3,(H,19,20). The molecular formula is C18H23N3O3S. The van der Waals surface area contributed by atoms with Gasteiger partial charge in [-0.05, 0) is 30.9 Å². The Morgan fingerprint density at radius 1 is 1.36 bits per heavy atom. The first-order valence-electron chi connectivity index (χ1n) is 8.34. The van der Waals surface area contributed by atoms with E-state index < -0.39 is 0 Å². The van der Waals surface area contributed by atoms with Gasteiger partial charge in [-0.25, -0.2) is 4.98 Å². The van der Waals surface area contributed by atoms with Gasteiger partial charge in [0.25, 0.3) is 5.91 Å². The molecule has 0 bridgehead atoms. The van der Waals surface area contributed by atoms with E-state index in [1.165, 1.54) is 17.8 Å². The van der Waals surface area contributed by atoms with E-state index in [1.54, 1.807) is 25.7 Å². The lowest BCUT2D eigenvalue weighted by Gasteiger charge is -2.30. The van der Waals surface area contributed by atoms with E-state index in [9.17, 15) is 4.79 Å². The Morgan fingerprint density at radius 3 is 2.92 bits per heavy atom. The van der Waals surface area contributed by atoms with E-state index >= 15 is 0 Å². The zero-order chi connectivity index (χ0) is 17.8. The van der Waals surface area contributed by atoms with E-state index in [2.05, 4.69) is 17.2 Å². The van der Waals surface area contributed by atoms with Crippen LogP contribution < -0.4 is 14.8 Å². The number of aromatic nitrogens is 1. The van der Waals surface area contributed by atoms with Gasteiger partial charge in [0.1, 0.15) is 17.2 Å². The monoisotopic (exact) mass is 361 g/mol. The lowest BCUT2D eigenvalue weighted by molar-refractivity contribution is 0.0678. The average Bonchev–Trinajstić information content (AvgIpc) is 3.10. The summed E-state index contributed by atoms with van der Waals surface area (Å²) in [6.45, 7) is 3.81. The van der Waals surface area contributed by atoms with Crippen LogP contribution in [-0.4, -0.2) is 43.1 Å². The van der Waals surface area contributed by atoms with Gasteiger partial charge < -0.3 is 19.7 Å². The molecule has 6 nitrogen and oxygen atoms in total. The van der Waals surface area contributed by atoms with Crippen molar-refractivity contribution in [2.24, 2.45) is 5.92 Å². The van der Waals surface area contributed by atoms with Gasteiger partial charge in [0, 0.05) is 24.5 Å². The third-order valence-corrected chi connectivity index (χ3v) is 5.08. The normalized spacial score (nSPS) is 17.2. The number of ether oxygens (including phenoxy) is 2. The zero-order valence-corrected chi connectivity index (χ0v) is 15.6. The first-order chi connectivity index (χ1) is 12.1. The molecule has 1 fully saturated rings. The number of likely N-dealkylation sites (tertiary alicyclic amines) is 1. The summed E-state index contributed by atoms with van der Waals surface area (Å²) < 4.78 is 10.6. The van der Waals surface area contributed by atoms with Crippen molar-refractivity contribution in [3.8, 4) is 11.5 Å². The number of anilines is 2. The van der Waals surface area contributed by atoms with Crippen LogP contribution in [0, 0.1) is 5.92 Å². The third kappa shape index (κ3) is 4.04. The van der Waals surface area contributed by atoms with Gasteiger partial charge in [-0.2, -0.15) is 0 Å². The van der Waals surface area contributed by atoms with Crippen molar-refractivity contribution < 1.29 is 14.3 Å². The van der Waals surface area contributed by atoms with Crippen molar-refractivity contribution in [3.63, 3.8) is 0 Å². The predicted octanol–water partition coefficient (Wildman–Crippen LogP) is 3.78. The fourth-order valence-corrected chi connectivity index (χ4v) is 3.68. The van der Waals surface area contributed by atoms with Crippen LogP contribution in [0.3, 0.4) is 0 Å². The van der Waals surface area contributed by atoms with Gasteiger partial charge in [-0.1, -0.05) is 6.92 Å². The first kappa shape index (κ1) is 17.5. The molecule has 1 atom stereocenters. The number of piperidine rings is 1. The number of hydrogen-bond donors (Lipinski definition) is 1. The molecule has 134 valence electrons. The smallest absolute Gasteiger partial charge is 0.273 e. The van der Waals surface area contributed by atoms with Crippen molar-refractivity contribution in [1.82, 2.24) is 9.88 Å². The molecule has 2 aromatic rings. The molecule has 2 heterocycles. The van der Waals surface area contributed by atoms with E-state index in [1.807, 2.05) is 17.0 Å². The first-order valence-corrected chi connectivity index (χ1v) is 9.22. The molecule has 3 rings (SSSR count). The minimum absolute atomic E-state index is 0.0116. The number of nitrogens with zero attached hydrogens (tertiary/aromatic N) is 2. The van der Waals surface area contributed by atoms with Crippen molar-refractivity contribution in [2.45, 2.75) is 19.8 Å². The van der Waals surface area contributed by atoms with Crippen molar-refractivity contribution in [2.75, 3.05) is 32.6 Å². The molecule has 1 saturated heterocycles. The second kappa shape index (κ2) is 7.74. The highest BCUT2D eigenvalue weighted by Gasteiger charge is 2.24. The van der Waals surface area contributed by atoms with Crippen molar-refractivity contribution in [1.29, 1.82) is 0 Å². The topological polar surface area (TPSA) is 63.7 Å². The molecular weight excluding hydrogens is 338 g/mol. The molecule has 0 spiro atoms. The highest BCUT2D eigenvalue weighted by molar-refractivity contribution is 7.14. The number of methoxy groups -OCH3 is 2. The molecule has 7 heteroatoms. The van der Waals surface area contributed by atoms with Gasteiger partial charge in [0.2, 0.25) is 0 Å². The summed E-state index contributed by atoms with van der Waals surface area (Å²) in [6, 6.07) is 5.52. The van der Waals surface area contributed by atoms with Crippen LogP contribution in [0.15, 0.2) is 23.6 Å². The fourth-order valence-electron chi connectivity index (χ4n) is 2.98. The quantitative estimate of drug-likeness (QED) is 0.878. The number of rotatable bonds is 5. The highest BCUT2D eigenvalue weighted by Crippen LogP contribution is 2.32. The molecule has 1 unspecified atom stereocenters. The number of nitrogens with one attached hydrogen (secondary N) is 1. The summed E-state index contributed by atoms with van der Waals surface area (Å²) in [6.07, 6.45) is 2.25. The molecule has 1 aliphatic heterocycles. The predicted molar refractivity (Wildman–Crippen MR) is 99.2 cm³/mol. The number of amides is 1. The second-order valence-electron chi connectivity index (χ2n) is 6.23. The van der Waals surface area contributed by atoms with Gasteiger partial charge in [0.15, 0.2) is 5.13 Å². The Hall–Kier alpha value is -2.28. The summed E-state index contributed by atoms with van der Waals surface area (Å²) in [5.74, 6) is 1.94. The number of carbonyl (C=O) groups is 1. The lowest BCUT2D eigenvalue weighted by atomic mass is 10.0. The van der Waals surface area contributed by atoms with Crippen LogP contribution in [0.25, 0.3) is 0 Å². The number of thiazole rings is 1. The van der Waals surface area contributed by atoms with E-state index in [-0.39, 0.29) is 5.91 Å². The fraction of sp³-hybridized carbons (Fsp3) is 0.444. The van der Waals surface area contributed by atoms with Crippen LogP contribution in [0.5, 0.6) is 11.5 Å². The Kier molecular flexibility index (Phi) is 5.43. The summed E-state index contributed by atoms with van der Waals surface area (Å²) in [7, 11) is 3.22. The molecule has 1 aliphatic rings. The van der Waals surface area contributed by atoms with E-state index in [4.69, 9.17) is 9.47 Å². The Morgan fingerprint density at radius 2 is 2.20 bits per heavy atom. The maximum absolute atomic E-state index is 12.6. The minimum atomic E-state index is 0.0116. The second-order valence-corrected chi connectivity index (χ2v) is 7.09. The van der Waals surface area contributed by atoms with Crippen molar-refractivity contribution in [3.05, 3.63) is 29.3 Å². The lowest BCUT2D eigenvalue weighted by Crippen LogP contribution is -2.39. The number of benzene rings is 1. The number of carbonyl (C=O) groups excluding carboxylic acids is 1. The average molecular weight is 361 g/mol. The van der Waals surface area contributed by atoms with Crippen LogP contribution in [0.4, 0.5) is 10.8 Å². The van der Waals surface area contributed by atoms with Gasteiger partial charge in [-0.3, -0.25) is 4.79 Å².